The van der Waals surface area contributed by atoms with Gasteiger partial charge in [0.1, 0.15) is 6.33 Å². The van der Waals surface area contributed by atoms with Crippen LogP contribution in [0.2, 0.25) is 0 Å². The minimum atomic E-state index is -3.71. The highest BCUT2D eigenvalue weighted by Gasteiger charge is 2.16. The molecule has 0 radical (unpaired) electrons. The molecule has 2 aromatic heterocycles. The second kappa shape index (κ2) is 6.91. The number of thiophene rings is 1. The molecular weight excluding hydrogens is 350 g/mol. The van der Waals surface area contributed by atoms with Crippen LogP contribution in [-0.2, 0) is 16.6 Å². The van der Waals surface area contributed by atoms with E-state index in [1.54, 1.807) is 0 Å². The van der Waals surface area contributed by atoms with E-state index in [0.717, 1.165) is 4.88 Å². The average molecular weight is 363 g/mol. The van der Waals surface area contributed by atoms with Gasteiger partial charge in [0, 0.05) is 17.0 Å². The number of carbonyl (C=O) groups excluding carboxylic acids is 1. The highest BCUT2D eigenvalue weighted by atomic mass is 32.2. The number of benzene rings is 1. The van der Waals surface area contributed by atoms with Crippen molar-refractivity contribution in [2.24, 2.45) is 0 Å². The molecule has 0 unspecified atom stereocenters. The van der Waals surface area contributed by atoms with Crippen molar-refractivity contribution < 1.29 is 13.2 Å². The summed E-state index contributed by atoms with van der Waals surface area (Å²) in [5, 5.41) is 10.5. The van der Waals surface area contributed by atoms with Crippen LogP contribution in [0, 0.1) is 0 Å². The average Bonchev–Trinajstić information content (AvgIpc) is 3.27. The van der Waals surface area contributed by atoms with Crippen LogP contribution in [-0.4, -0.2) is 29.5 Å². The molecule has 0 aliphatic rings. The van der Waals surface area contributed by atoms with E-state index < -0.39 is 15.9 Å². The van der Waals surface area contributed by atoms with Crippen molar-refractivity contribution >= 4 is 33.2 Å². The van der Waals surface area contributed by atoms with Crippen molar-refractivity contribution in [1.82, 2.24) is 19.9 Å². The lowest BCUT2D eigenvalue weighted by molar-refractivity contribution is 0.102. The SMILES string of the molecule is O=C(Nc1ncn[nH]1)c1cccc(S(=O)(=O)NCc2cccs2)c1. The summed E-state index contributed by atoms with van der Waals surface area (Å²) in [5.74, 6) is -0.300. The maximum absolute atomic E-state index is 12.4. The van der Waals surface area contributed by atoms with Crippen LogP contribution in [0.5, 0.6) is 0 Å². The molecule has 1 amide bonds. The fourth-order valence-electron chi connectivity index (χ4n) is 1.91. The van der Waals surface area contributed by atoms with Gasteiger partial charge in [-0.25, -0.2) is 18.2 Å². The number of aromatic amines is 1. The van der Waals surface area contributed by atoms with Gasteiger partial charge in [0.25, 0.3) is 5.91 Å². The second-order valence-electron chi connectivity index (χ2n) is 4.72. The summed E-state index contributed by atoms with van der Waals surface area (Å²) >= 11 is 1.46. The monoisotopic (exact) mass is 363 g/mol. The van der Waals surface area contributed by atoms with E-state index in [2.05, 4.69) is 25.2 Å². The summed E-state index contributed by atoms with van der Waals surface area (Å²) in [6.45, 7) is 0.203. The Morgan fingerprint density at radius 1 is 1.25 bits per heavy atom. The maximum atomic E-state index is 12.4. The van der Waals surface area contributed by atoms with Gasteiger partial charge in [-0.15, -0.1) is 11.3 Å². The van der Waals surface area contributed by atoms with Crippen molar-refractivity contribution in [2.45, 2.75) is 11.4 Å². The normalized spacial score (nSPS) is 11.3. The van der Waals surface area contributed by atoms with Gasteiger partial charge in [0.05, 0.1) is 4.90 Å². The van der Waals surface area contributed by atoms with Crippen molar-refractivity contribution in [2.75, 3.05) is 5.32 Å². The minimum absolute atomic E-state index is 0.0178. The lowest BCUT2D eigenvalue weighted by Gasteiger charge is -2.07. The molecule has 10 heteroatoms. The molecule has 0 saturated carbocycles. The number of carbonyl (C=O) groups is 1. The van der Waals surface area contributed by atoms with Crippen molar-refractivity contribution in [3.05, 3.63) is 58.5 Å². The van der Waals surface area contributed by atoms with E-state index in [4.69, 9.17) is 0 Å². The zero-order chi connectivity index (χ0) is 17.0. The Morgan fingerprint density at radius 2 is 2.12 bits per heavy atom. The Hall–Kier alpha value is -2.56. The van der Waals surface area contributed by atoms with Crippen LogP contribution in [0.3, 0.4) is 0 Å². The Morgan fingerprint density at radius 3 is 2.83 bits per heavy atom. The number of sulfonamides is 1. The third-order valence-electron chi connectivity index (χ3n) is 3.07. The molecule has 0 fully saturated rings. The molecule has 8 nitrogen and oxygen atoms in total. The highest BCUT2D eigenvalue weighted by molar-refractivity contribution is 7.89. The molecule has 0 atom stereocenters. The first kappa shape index (κ1) is 16.3. The lowest BCUT2D eigenvalue weighted by Crippen LogP contribution is -2.23. The molecule has 0 spiro atoms. The van der Waals surface area contributed by atoms with E-state index in [-0.39, 0.29) is 23.0 Å². The van der Waals surface area contributed by atoms with Crippen LogP contribution < -0.4 is 10.0 Å². The highest BCUT2D eigenvalue weighted by Crippen LogP contribution is 2.14. The first-order valence-corrected chi connectivity index (χ1v) is 9.20. The van der Waals surface area contributed by atoms with E-state index in [0.29, 0.717) is 0 Å². The number of H-pyrrole nitrogens is 1. The summed E-state index contributed by atoms with van der Waals surface area (Å²) in [4.78, 5) is 16.8. The van der Waals surface area contributed by atoms with Crippen LogP contribution in [0.4, 0.5) is 5.95 Å². The van der Waals surface area contributed by atoms with Crippen LogP contribution in [0.1, 0.15) is 15.2 Å². The number of nitrogens with one attached hydrogen (secondary N) is 3. The Labute approximate surface area is 142 Å². The van der Waals surface area contributed by atoms with Crippen molar-refractivity contribution in [3.8, 4) is 0 Å². The summed E-state index contributed by atoms with van der Waals surface area (Å²) in [6.07, 6.45) is 1.25. The third-order valence-corrected chi connectivity index (χ3v) is 5.35. The van der Waals surface area contributed by atoms with Gasteiger partial charge in [0.15, 0.2) is 0 Å². The van der Waals surface area contributed by atoms with E-state index >= 15 is 0 Å². The number of anilines is 1. The molecule has 124 valence electrons. The molecular formula is C14H13N5O3S2. The number of rotatable bonds is 6. The van der Waals surface area contributed by atoms with Crippen LogP contribution in [0.25, 0.3) is 0 Å². The van der Waals surface area contributed by atoms with Crippen molar-refractivity contribution in [1.29, 1.82) is 0 Å². The van der Waals surface area contributed by atoms with Gasteiger partial charge in [0.2, 0.25) is 16.0 Å². The van der Waals surface area contributed by atoms with Gasteiger partial charge in [-0.1, -0.05) is 12.1 Å². The summed E-state index contributed by atoms with van der Waals surface area (Å²) < 4.78 is 27.2. The van der Waals surface area contributed by atoms with E-state index in [9.17, 15) is 13.2 Å². The van der Waals surface area contributed by atoms with Gasteiger partial charge in [-0.2, -0.15) is 10.1 Å². The zero-order valence-corrected chi connectivity index (χ0v) is 13.9. The molecule has 3 aromatic rings. The molecule has 2 heterocycles. The van der Waals surface area contributed by atoms with Gasteiger partial charge in [-0.3, -0.25) is 10.1 Å². The first-order valence-electron chi connectivity index (χ1n) is 6.83. The quantitative estimate of drug-likeness (QED) is 0.615. The Bertz CT molecular complexity index is 921. The van der Waals surface area contributed by atoms with E-state index in [1.807, 2.05) is 17.5 Å². The van der Waals surface area contributed by atoms with Gasteiger partial charge in [-0.05, 0) is 29.6 Å². The smallest absolute Gasteiger partial charge is 0.258 e. The Balaban J connectivity index is 1.75. The van der Waals surface area contributed by atoms with Crippen LogP contribution in [0.15, 0.2) is 53.0 Å². The molecule has 0 aliphatic heterocycles. The number of amides is 1. The maximum Gasteiger partial charge on any atom is 0.258 e. The molecule has 24 heavy (non-hydrogen) atoms. The summed E-state index contributed by atoms with van der Waals surface area (Å²) in [7, 11) is -3.71. The van der Waals surface area contributed by atoms with E-state index in [1.165, 1.54) is 41.9 Å². The zero-order valence-electron chi connectivity index (χ0n) is 12.3. The molecule has 3 N–H and O–H groups in total. The molecule has 0 saturated heterocycles. The third kappa shape index (κ3) is 3.85. The second-order valence-corrected chi connectivity index (χ2v) is 7.52. The van der Waals surface area contributed by atoms with Gasteiger partial charge >= 0.3 is 0 Å². The minimum Gasteiger partial charge on any atom is -0.291 e. The number of aromatic nitrogens is 3. The first-order chi connectivity index (χ1) is 11.5. The summed E-state index contributed by atoms with van der Waals surface area (Å²) in [6, 6.07) is 9.46. The number of nitrogens with zero attached hydrogens (tertiary/aromatic N) is 2. The van der Waals surface area contributed by atoms with Crippen molar-refractivity contribution in [3.63, 3.8) is 0 Å². The van der Waals surface area contributed by atoms with Crippen LogP contribution >= 0.6 is 11.3 Å². The molecule has 0 aliphatic carbocycles. The fourth-order valence-corrected chi connectivity index (χ4v) is 3.70. The largest absolute Gasteiger partial charge is 0.291 e. The molecule has 1 aromatic carbocycles. The standard InChI is InChI=1S/C14H13N5O3S2/c20-13(18-14-15-9-16-19-14)10-3-1-5-12(7-10)24(21,22)17-8-11-4-2-6-23-11/h1-7,9,17H,8H2,(H2,15,16,18,19,20). The molecule has 3 rings (SSSR count). The number of hydrogen-bond donors (Lipinski definition) is 3. The van der Waals surface area contributed by atoms with Gasteiger partial charge < -0.3 is 0 Å². The topological polar surface area (TPSA) is 117 Å². The Kier molecular flexibility index (Phi) is 4.69. The number of hydrogen-bond acceptors (Lipinski definition) is 6. The predicted molar refractivity (Wildman–Crippen MR) is 89.1 cm³/mol. The fraction of sp³-hybridized carbons (Fsp3) is 0.0714. The summed E-state index contributed by atoms with van der Waals surface area (Å²) in [5.41, 5.74) is 0.199. The lowest BCUT2D eigenvalue weighted by atomic mass is 10.2. The molecule has 0 bridgehead atoms. The predicted octanol–water partition coefficient (Wildman–Crippen LogP) is 1.60.